The molecule has 0 aliphatic heterocycles. The summed E-state index contributed by atoms with van der Waals surface area (Å²) in [6.07, 6.45) is 1.28. The average Bonchev–Trinajstić information content (AvgIpc) is 3.10. The highest BCUT2D eigenvalue weighted by Gasteiger charge is 2.16. The first-order chi connectivity index (χ1) is 13.6. The fourth-order valence-corrected chi connectivity index (χ4v) is 2.84. The van der Waals surface area contributed by atoms with Crippen LogP contribution in [0.3, 0.4) is 0 Å². The lowest BCUT2D eigenvalue weighted by Gasteiger charge is -2.10. The number of nitriles is 1. The molecular formula is C20H13N3O5. The molecule has 0 fully saturated rings. The third-order valence-corrected chi connectivity index (χ3v) is 4.17. The summed E-state index contributed by atoms with van der Waals surface area (Å²) in [5.41, 5.74) is 0.952. The van der Waals surface area contributed by atoms with Gasteiger partial charge in [0.25, 0.3) is 5.56 Å². The zero-order valence-electron chi connectivity index (χ0n) is 14.7. The molecule has 0 aliphatic rings. The molecule has 0 amide bonds. The van der Waals surface area contributed by atoms with Crippen molar-refractivity contribution in [2.75, 3.05) is 7.11 Å². The molecule has 8 nitrogen and oxygen atoms in total. The smallest absolute Gasteiger partial charge is 0.331 e. The van der Waals surface area contributed by atoms with Crippen LogP contribution in [0.1, 0.15) is 5.56 Å². The van der Waals surface area contributed by atoms with Gasteiger partial charge < -0.3 is 13.9 Å². The molecule has 2 aromatic heterocycles. The summed E-state index contributed by atoms with van der Waals surface area (Å²) in [6, 6.07) is 13.6. The van der Waals surface area contributed by atoms with Crippen LogP contribution in [-0.2, 0) is 11.3 Å². The molecule has 0 spiro atoms. The van der Waals surface area contributed by atoms with Crippen LogP contribution < -0.4 is 15.0 Å². The van der Waals surface area contributed by atoms with Gasteiger partial charge in [0.15, 0.2) is 11.5 Å². The Balaban J connectivity index is 1.62. The summed E-state index contributed by atoms with van der Waals surface area (Å²) in [5.74, 6) is -0.301. The zero-order chi connectivity index (χ0) is 19.7. The number of fused-ring (bicyclic) bond motifs is 3. The van der Waals surface area contributed by atoms with Gasteiger partial charge in [-0.05, 0) is 24.3 Å². The SMILES string of the molecule is COc1cc(C#N)ccc1OC(=O)Cn1cnc2c(oc3ccccc32)c1=O. The number of hydrogen-bond donors (Lipinski definition) is 0. The molecule has 28 heavy (non-hydrogen) atoms. The number of para-hydroxylation sites is 1. The lowest BCUT2D eigenvalue weighted by molar-refractivity contribution is -0.135. The fraction of sp³-hybridized carbons (Fsp3) is 0.100. The lowest BCUT2D eigenvalue weighted by Crippen LogP contribution is -2.26. The van der Waals surface area contributed by atoms with E-state index in [0.717, 1.165) is 9.95 Å². The summed E-state index contributed by atoms with van der Waals surface area (Å²) >= 11 is 0. The van der Waals surface area contributed by atoms with Crippen molar-refractivity contribution in [3.63, 3.8) is 0 Å². The monoisotopic (exact) mass is 375 g/mol. The van der Waals surface area contributed by atoms with Crippen molar-refractivity contribution in [1.29, 1.82) is 5.26 Å². The van der Waals surface area contributed by atoms with Crippen molar-refractivity contribution in [3.8, 4) is 17.6 Å². The van der Waals surface area contributed by atoms with Gasteiger partial charge in [0.05, 0.1) is 25.1 Å². The molecule has 8 heteroatoms. The molecule has 138 valence electrons. The van der Waals surface area contributed by atoms with E-state index < -0.39 is 11.5 Å². The quantitative estimate of drug-likeness (QED) is 0.398. The van der Waals surface area contributed by atoms with E-state index in [1.54, 1.807) is 12.1 Å². The maximum Gasteiger partial charge on any atom is 0.331 e. The first kappa shape index (κ1) is 17.3. The van der Waals surface area contributed by atoms with Crippen LogP contribution in [-0.4, -0.2) is 22.6 Å². The van der Waals surface area contributed by atoms with Gasteiger partial charge in [0.2, 0.25) is 5.58 Å². The second-order valence-corrected chi connectivity index (χ2v) is 5.91. The van der Waals surface area contributed by atoms with E-state index in [2.05, 4.69) is 4.98 Å². The van der Waals surface area contributed by atoms with Crippen molar-refractivity contribution in [2.24, 2.45) is 0 Å². The van der Waals surface area contributed by atoms with E-state index in [9.17, 15) is 9.59 Å². The van der Waals surface area contributed by atoms with Crippen molar-refractivity contribution < 1.29 is 18.7 Å². The number of furan rings is 1. The summed E-state index contributed by atoms with van der Waals surface area (Å²) in [5, 5.41) is 9.66. The normalized spacial score (nSPS) is 10.7. The van der Waals surface area contributed by atoms with E-state index in [1.165, 1.54) is 31.6 Å². The van der Waals surface area contributed by atoms with Gasteiger partial charge in [-0.3, -0.25) is 9.36 Å². The molecule has 0 atom stereocenters. The molecular weight excluding hydrogens is 362 g/mol. The van der Waals surface area contributed by atoms with Gasteiger partial charge in [0.1, 0.15) is 17.6 Å². The average molecular weight is 375 g/mol. The Bertz CT molecular complexity index is 1310. The van der Waals surface area contributed by atoms with Crippen LogP contribution in [0, 0.1) is 11.3 Å². The van der Waals surface area contributed by atoms with E-state index in [1.807, 2.05) is 18.2 Å². The van der Waals surface area contributed by atoms with Crippen LogP contribution in [0.25, 0.3) is 22.1 Å². The summed E-state index contributed by atoms with van der Waals surface area (Å²) in [6.45, 7) is -0.359. The van der Waals surface area contributed by atoms with Gasteiger partial charge in [-0.2, -0.15) is 5.26 Å². The highest BCUT2D eigenvalue weighted by atomic mass is 16.6. The standard InChI is InChI=1S/C20H13N3O5/c1-26-16-8-12(9-21)6-7-15(16)27-17(24)10-23-11-22-18-13-4-2-3-5-14(13)28-19(18)20(23)25/h2-8,11H,10H2,1H3. The Morgan fingerprint density at radius 3 is 2.86 bits per heavy atom. The van der Waals surface area contributed by atoms with E-state index >= 15 is 0 Å². The molecule has 0 saturated carbocycles. The lowest BCUT2D eigenvalue weighted by atomic mass is 10.2. The third-order valence-electron chi connectivity index (χ3n) is 4.17. The molecule has 0 saturated heterocycles. The van der Waals surface area contributed by atoms with Crippen LogP contribution >= 0.6 is 0 Å². The molecule has 2 aromatic carbocycles. The van der Waals surface area contributed by atoms with Crippen molar-refractivity contribution >= 4 is 28.0 Å². The van der Waals surface area contributed by atoms with Crippen LogP contribution in [0.5, 0.6) is 11.5 Å². The summed E-state index contributed by atoms with van der Waals surface area (Å²) < 4.78 is 17.1. The minimum atomic E-state index is -0.692. The Labute approximate surface area is 158 Å². The molecule has 0 N–H and O–H groups in total. The van der Waals surface area contributed by atoms with Gasteiger partial charge in [-0.25, -0.2) is 9.78 Å². The first-order valence-corrected chi connectivity index (χ1v) is 8.26. The van der Waals surface area contributed by atoms with E-state index in [4.69, 9.17) is 19.2 Å². The zero-order valence-corrected chi connectivity index (χ0v) is 14.7. The molecule has 0 unspecified atom stereocenters. The molecule has 0 radical (unpaired) electrons. The van der Waals surface area contributed by atoms with Crippen LogP contribution in [0.15, 0.2) is 58.0 Å². The number of carbonyl (C=O) groups is 1. The number of nitrogens with zero attached hydrogens (tertiary/aromatic N) is 3. The summed E-state index contributed by atoms with van der Waals surface area (Å²) in [4.78, 5) is 29.2. The van der Waals surface area contributed by atoms with Gasteiger partial charge in [0, 0.05) is 11.5 Å². The minimum Gasteiger partial charge on any atom is -0.493 e. The predicted molar refractivity (Wildman–Crippen MR) is 99.1 cm³/mol. The van der Waals surface area contributed by atoms with Gasteiger partial charge >= 0.3 is 5.97 Å². The number of esters is 1. The van der Waals surface area contributed by atoms with Gasteiger partial charge in [-0.15, -0.1) is 0 Å². The molecule has 4 rings (SSSR count). The largest absolute Gasteiger partial charge is 0.493 e. The number of hydrogen-bond acceptors (Lipinski definition) is 7. The highest BCUT2D eigenvalue weighted by molar-refractivity contribution is 6.01. The van der Waals surface area contributed by atoms with E-state index in [0.29, 0.717) is 16.7 Å². The highest BCUT2D eigenvalue weighted by Crippen LogP contribution is 2.28. The fourth-order valence-electron chi connectivity index (χ4n) is 2.84. The Kier molecular flexibility index (Phi) is 4.26. The van der Waals surface area contributed by atoms with Crippen molar-refractivity contribution in [2.45, 2.75) is 6.54 Å². The molecule has 0 bridgehead atoms. The first-order valence-electron chi connectivity index (χ1n) is 8.26. The number of aromatic nitrogens is 2. The minimum absolute atomic E-state index is 0.0763. The molecule has 0 aliphatic carbocycles. The Morgan fingerprint density at radius 1 is 1.25 bits per heavy atom. The van der Waals surface area contributed by atoms with E-state index in [-0.39, 0.29) is 23.6 Å². The Hall–Kier alpha value is -4.12. The second kappa shape index (κ2) is 6.89. The predicted octanol–water partition coefficient (Wildman–Crippen LogP) is 2.63. The topological polar surface area (TPSA) is 107 Å². The number of benzene rings is 2. The Morgan fingerprint density at radius 2 is 2.07 bits per heavy atom. The number of methoxy groups -OCH3 is 1. The van der Waals surface area contributed by atoms with Crippen LogP contribution in [0.2, 0.25) is 0 Å². The van der Waals surface area contributed by atoms with Crippen LogP contribution in [0.4, 0.5) is 0 Å². The number of ether oxygens (including phenoxy) is 2. The molecule has 2 heterocycles. The number of rotatable bonds is 4. The summed E-state index contributed by atoms with van der Waals surface area (Å²) in [7, 11) is 1.40. The third kappa shape index (κ3) is 2.95. The number of carbonyl (C=O) groups excluding carboxylic acids is 1. The molecule has 4 aromatic rings. The van der Waals surface area contributed by atoms with Crippen molar-refractivity contribution in [1.82, 2.24) is 9.55 Å². The van der Waals surface area contributed by atoms with Gasteiger partial charge in [-0.1, -0.05) is 12.1 Å². The van der Waals surface area contributed by atoms with Crippen molar-refractivity contribution in [3.05, 3.63) is 64.7 Å². The second-order valence-electron chi connectivity index (χ2n) is 5.91. The maximum absolute atomic E-state index is 12.7. The maximum atomic E-state index is 12.7.